The highest BCUT2D eigenvalue weighted by molar-refractivity contribution is 5.81. The van der Waals surface area contributed by atoms with Gasteiger partial charge >= 0.3 is 0 Å². The van der Waals surface area contributed by atoms with Gasteiger partial charge in [0.2, 0.25) is 0 Å². The molecule has 28 heavy (non-hydrogen) atoms. The van der Waals surface area contributed by atoms with E-state index >= 15 is 0 Å². The highest BCUT2D eigenvalue weighted by atomic mass is 16.7. The number of hydrogen-bond acceptors (Lipinski definition) is 11. The third-order valence-corrected chi connectivity index (χ3v) is 4.74. The van der Waals surface area contributed by atoms with E-state index < -0.39 is 49.6 Å². The van der Waals surface area contributed by atoms with Crippen molar-refractivity contribution in [1.29, 1.82) is 0 Å². The Labute approximate surface area is 158 Å². The van der Waals surface area contributed by atoms with Crippen LogP contribution in [0.5, 0.6) is 0 Å². The zero-order chi connectivity index (χ0) is 19.8. The van der Waals surface area contributed by atoms with Crippen LogP contribution in [0.15, 0.2) is 24.8 Å². The minimum Gasteiger partial charge on any atom is -0.394 e. The van der Waals surface area contributed by atoms with E-state index in [1.54, 1.807) is 23.0 Å². The molecule has 2 aromatic heterocycles. The lowest BCUT2D eigenvalue weighted by Gasteiger charge is -2.39. The van der Waals surface area contributed by atoms with Crippen molar-refractivity contribution in [3.63, 3.8) is 0 Å². The summed E-state index contributed by atoms with van der Waals surface area (Å²) >= 11 is 0. The molecule has 4 heterocycles. The van der Waals surface area contributed by atoms with Crippen molar-refractivity contribution in [2.75, 3.05) is 18.9 Å². The van der Waals surface area contributed by atoms with E-state index in [1.165, 1.54) is 6.33 Å². The van der Waals surface area contributed by atoms with Gasteiger partial charge in [0, 0.05) is 0 Å². The Morgan fingerprint density at radius 1 is 1.07 bits per heavy atom. The summed E-state index contributed by atoms with van der Waals surface area (Å²) in [6.45, 7) is -0.509. The van der Waals surface area contributed by atoms with E-state index in [-0.39, 0.29) is 12.4 Å². The minimum atomic E-state index is -1.49. The van der Waals surface area contributed by atoms with Crippen molar-refractivity contribution in [3.05, 3.63) is 24.8 Å². The highest BCUT2D eigenvalue weighted by Gasteiger charge is 2.44. The summed E-state index contributed by atoms with van der Waals surface area (Å²) in [4.78, 5) is 12.3. The number of anilines is 1. The molecule has 152 valence electrons. The summed E-state index contributed by atoms with van der Waals surface area (Å²) in [5.41, 5.74) is 6.78. The maximum absolute atomic E-state index is 10.0. The van der Waals surface area contributed by atoms with Gasteiger partial charge in [-0.3, -0.25) is 4.57 Å². The summed E-state index contributed by atoms with van der Waals surface area (Å²) in [7, 11) is 0. The number of aromatic nitrogens is 4. The van der Waals surface area contributed by atoms with Crippen LogP contribution >= 0.6 is 0 Å². The lowest BCUT2D eigenvalue weighted by atomic mass is 9.99. The number of nitrogens with zero attached hydrogens (tertiary/aromatic N) is 4. The number of nitrogen functional groups attached to an aromatic ring is 1. The summed E-state index contributed by atoms with van der Waals surface area (Å²) in [5, 5.41) is 38.8. The number of aliphatic hydroxyl groups excluding tert-OH is 4. The average molecular weight is 395 g/mol. The fourth-order valence-electron chi connectivity index (χ4n) is 3.19. The molecule has 12 heteroatoms. The Bertz CT molecular complexity index is 859. The van der Waals surface area contributed by atoms with Crippen molar-refractivity contribution >= 4 is 17.0 Å². The highest BCUT2D eigenvalue weighted by Crippen LogP contribution is 2.27. The van der Waals surface area contributed by atoms with Crippen molar-refractivity contribution < 1.29 is 34.6 Å². The van der Waals surface area contributed by atoms with Crippen molar-refractivity contribution in [2.24, 2.45) is 0 Å². The molecular formula is C16H21N5O7. The molecule has 1 fully saturated rings. The van der Waals surface area contributed by atoms with E-state index in [2.05, 4.69) is 15.0 Å². The fraction of sp³-hybridized carbons (Fsp3) is 0.562. The maximum atomic E-state index is 10.0. The number of nitrogens with two attached hydrogens (primary N) is 1. The molecule has 2 aliphatic heterocycles. The number of aliphatic hydroxyl groups is 4. The largest absolute Gasteiger partial charge is 0.394 e. The van der Waals surface area contributed by atoms with Crippen molar-refractivity contribution in [3.8, 4) is 0 Å². The van der Waals surface area contributed by atoms with Gasteiger partial charge in [-0.25, -0.2) is 15.0 Å². The van der Waals surface area contributed by atoms with E-state index in [0.29, 0.717) is 11.2 Å². The molecule has 0 amide bonds. The van der Waals surface area contributed by atoms with Crippen LogP contribution in [0.2, 0.25) is 0 Å². The fourth-order valence-corrected chi connectivity index (χ4v) is 3.19. The summed E-state index contributed by atoms with van der Waals surface area (Å²) in [6.07, 6.45) is -1.13. The molecular weight excluding hydrogens is 374 g/mol. The second kappa shape index (κ2) is 7.67. The molecule has 0 unspecified atom stereocenters. The summed E-state index contributed by atoms with van der Waals surface area (Å²) < 4.78 is 18.4. The molecule has 4 rings (SSSR count). The van der Waals surface area contributed by atoms with Gasteiger partial charge in [0.1, 0.15) is 42.4 Å². The summed E-state index contributed by atoms with van der Waals surface area (Å²) in [6, 6.07) is 0. The SMILES string of the molecule is Nc1ncnc2c1ncn2[C@H]1C=C[C@@H](CO[C@@H]2O[C@H](CO)[C@H](O)[C@H](O)[C@H]2O)O1. The van der Waals surface area contributed by atoms with Gasteiger partial charge in [0.05, 0.1) is 19.5 Å². The Hall–Kier alpha value is -2.19. The number of fused-ring (bicyclic) bond motifs is 1. The minimum absolute atomic E-state index is 0.0133. The molecule has 0 aromatic carbocycles. The smallest absolute Gasteiger partial charge is 0.186 e. The maximum Gasteiger partial charge on any atom is 0.186 e. The first-order valence-corrected chi connectivity index (χ1v) is 8.68. The van der Waals surface area contributed by atoms with E-state index in [4.69, 9.17) is 19.9 Å². The van der Waals surface area contributed by atoms with Crippen LogP contribution in [0.4, 0.5) is 5.82 Å². The van der Waals surface area contributed by atoms with Crippen molar-refractivity contribution in [1.82, 2.24) is 19.5 Å². The molecule has 0 spiro atoms. The lowest BCUT2D eigenvalue weighted by molar-refractivity contribution is -0.304. The molecule has 0 bridgehead atoms. The standard InChI is InChI=1S/C16H21N5O7/c17-14-10-15(19-5-18-14)21(6-20-10)9-2-1-7(27-9)4-26-16-13(25)12(24)11(23)8(3-22)28-16/h1-2,5-9,11-13,16,22-25H,3-4H2,(H2,17,18,19)/t7-,8+,9+,11-,12-,13+,16+/m0/s1. The Morgan fingerprint density at radius 2 is 1.89 bits per heavy atom. The van der Waals surface area contributed by atoms with Gasteiger partial charge < -0.3 is 40.4 Å². The van der Waals surface area contributed by atoms with Crippen LogP contribution in [0, 0.1) is 0 Å². The lowest BCUT2D eigenvalue weighted by Crippen LogP contribution is -2.59. The van der Waals surface area contributed by atoms with E-state index in [9.17, 15) is 20.4 Å². The van der Waals surface area contributed by atoms with E-state index in [1.807, 2.05) is 0 Å². The van der Waals surface area contributed by atoms with Gasteiger partial charge in [-0.2, -0.15) is 0 Å². The normalized spacial score (nSPS) is 35.6. The molecule has 7 atom stereocenters. The van der Waals surface area contributed by atoms with Crippen LogP contribution in [-0.2, 0) is 14.2 Å². The van der Waals surface area contributed by atoms with Gasteiger partial charge in [0.25, 0.3) is 0 Å². The zero-order valence-electron chi connectivity index (χ0n) is 14.6. The topological polar surface area (TPSA) is 178 Å². The van der Waals surface area contributed by atoms with Gasteiger partial charge in [-0.1, -0.05) is 6.08 Å². The number of ether oxygens (including phenoxy) is 3. The Balaban J connectivity index is 1.38. The second-order valence-corrected chi connectivity index (χ2v) is 6.56. The van der Waals surface area contributed by atoms with Crippen LogP contribution in [0.3, 0.4) is 0 Å². The third-order valence-electron chi connectivity index (χ3n) is 4.74. The van der Waals surface area contributed by atoms with Crippen LogP contribution in [0.1, 0.15) is 6.23 Å². The first kappa shape index (κ1) is 19.1. The van der Waals surface area contributed by atoms with Crippen LogP contribution in [-0.4, -0.2) is 90.0 Å². The number of hydrogen-bond donors (Lipinski definition) is 5. The second-order valence-electron chi connectivity index (χ2n) is 6.56. The third kappa shape index (κ3) is 3.35. The molecule has 2 aromatic rings. The summed E-state index contributed by atoms with van der Waals surface area (Å²) in [5.74, 6) is 0.272. The predicted molar refractivity (Wildman–Crippen MR) is 92.5 cm³/mol. The Morgan fingerprint density at radius 3 is 2.68 bits per heavy atom. The molecule has 0 radical (unpaired) electrons. The molecule has 0 aliphatic carbocycles. The van der Waals surface area contributed by atoms with Gasteiger partial charge in [-0.15, -0.1) is 0 Å². The molecule has 0 saturated carbocycles. The predicted octanol–water partition coefficient (Wildman–Crippen LogP) is -2.32. The molecule has 6 N–H and O–H groups in total. The van der Waals surface area contributed by atoms with Crippen molar-refractivity contribution in [2.45, 2.75) is 43.0 Å². The van der Waals surface area contributed by atoms with E-state index in [0.717, 1.165) is 0 Å². The monoisotopic (exact) mass is 395 g/mol. The first-order chi connectivity index (χ1) is 13.5. The van der Waals surface area contributed by atoms with Gasteiger partial charge in [-0.05, 0) is 6.08 Å². The number of imidazole rings is 1. The zero-order valence-corrected chi connectivity index (χ0v) is 14.6. The van der Waals surface area contributed by atoms with Crippen LogP contribution in [0.25, 0.3) is 11.2 Å². The molecule has 2 aliphatic rings. The average Bonchev–Trinajstić information content (AvgIpc) is 3.33. The molecule has 12 nitrogen and oxygen atoms in total. The van der Waals surface area contributed by atoms with Crippen LogP contribution < -0.4 is 5.73 Å². The quantitative estimate of drug-likeness (QED) is 0.343. The molecule has 1 saturated heterocycles. The van der Waals surface area contributed by atoms with Gasteiger partial charge in [0.15, 0.2) is 24.0 Å². The first-order valence-electron chi connectivity index (χ1n) is 8.68. The Kier molecular flexibility index (Phi) is 5.25. The number of rotatable bonds is 5.